The number of nitrogens with one attached hydrogen (secondary N) is 1. The molecule has 0 aliphatic heterocycles. The molecule has 0 fully saturated rings. The second-order valence-electron chi connectivity index (χ2n) is 5.41. The number of hydrazone groups is 1. The van der Waals surface area contributed by atoms with E-state index in [2.05, 4.69) is 37.8 Å². The highest BCUT2D eigenvalue weighted by Gasteiger charge is 2.14. The maximum absolute atomic E-state index is 11.2. The SMILES string of the molecule is C=C/C(CC(C=O)NC(C)CC(C)C)=N\N(C)CC. The van der Waals surface area contributed by atoms with Gasteiger partial charge in [0.2, 0.25) is 0 Å². The van der Waals surface area contributed by atoms with Crippen LogP contribution in [0.4, 0.5) is 0 Å². The monoisotopic (exact) mass is 267 g/mol. The number of hydrogen-bond donors (Lipinski definition) is 1. The third-order valence-electron chi connectivity index (χ3n) is 2.91. The first-order chi connectivity index (χ1) is 8.92. The molecule has 0 rings (SSSR count). The number of rotatable bonds is 10. The molecule has 0 amide bonds. The molecule has 4 heteroatoms. The van der Waals surface area contributed by atoms with Gasteiger partial charge in [-0.15, -0.1) is 0 Å². The first kappa shape index (κ1) is 17.8. The molecular formula is C15H29N3O. The molecule has 0 saturated carbocycles. The fourth-order valence-electron chi connectivity index (χ4n) is 1.97. The number of carbonyl (C=O) groups is 1. The van der Waals surface area contributed by atoms with Crippen LogP contribution in [0.5, 0.6) is 0 Å². The van der Waals surface area contributed by atoms with E-state index in [1.54, 1.807) is 6.08 Å². The molecule has 0 aromatic rings. The van der Waals surface area contributed by atoms with E-state index in [1.165, 1.54) is 0 Å². The van der Waals surface area contributed by atoms with E-state index in [0.717, 1.165) is 25.0 Å². The zero-order valence-corrected chi connectivity index (χ0v) is 13.0. The van der Waals surface area contributed by atoms with Crippen LogP contribution >= 0.6 is 0 Å². The smallest absolute Gasteiger partial charge is 0.137 e. The molecule has 0 aromatic heterocycles. The molecule has 0 aliphatic rings. The summed E-state index contributed by atoms with van der Waals surface area (Å²) in [6.45, 7) is 13.1. The highest BCUT2D eigenvalue weighted by atomic mass is 16.1. The highest BCUT2D eigenvalue weighted by molar-refractivity contribution is 5.96. The van der Waals surface area contributed by atoms with E-state index in [1.807, 2.05) is 19.0 Å². The molecule has 0 saturated heterocycles. The Hall–Kier alpha value is -1.16. The van der Waals surface area contributed by atoms with Gasteiger partial charge in [-0.05, 0) is 32.3 Å². The molecular weight excluding hydrogens is 238 g/mol. The molecule has 0 spiro atoms. The van der Waals surface area contributed by atoms with Crippen LogP contribution in [0, 0.1) is 5.92 Å². The van der Waals surface area contributed by atoms with Gasteiger partial charge in [0.05, 0.1) is 11.8 Å². The summed E-state index contributed by atoms with van der Waals surface area (Å²) >= 11 is 0. The largest absolute Gasteiger partial charge is 0.305 e. The molecule has 0 heterocycles. The number of carbonyl (C=O) groups excluding carboxylic acids is 1. The van der Waals surface area contributed by atoms with Crippen LogP contribution in [0.2, 0.25) is 0 Å². The van der Waals surface area contributed by atoms with Gasteiger partial charge >= 0.3 is 0 Å². The van der Waals surface area contributed by atoms with Crippen molar-refractivity contribution in [1.82, 2.24) is 10.3 Å². The lowest BCUT2D eigenvalue weighted by Crippen LogP contribution is -2.39. The summed E-state index contributed by atoms with van der Waals surface area (Å²) in [6, 6.07) is 0.126. The quantitative estimate of drug-likeness (QED) is 0.376. The van der Waals surface area contributed by atoms with Crippen molar-refractivity contribution in [3.8, 4) is 0 Å². The summed E-state index contributed by atoms with van der Waals surface area (Å²) in [6.07, 6.45) is 4.32. The van der Waals surface area contributed by atoms with Gasteiger partial charge in [-0.25, -0.2) is 0 Å². The highest BCUT2D eigenvalue weighted by Crippen LogP contribution is 2.06. The predicted molar refractivity (Wildman–Crippen MR) is 82.5 cm³/mol. The molecule has 2 unspecified atom stereocenters. The van der Waals surface area contributed by atoms with Crippen LogP contribution in [-0.4, -0.2) is 42.7 Å². The van der Waals surface area contributed by atoms with Crippen molar-refractivity contribution >= 4 is 12.0 Å². The Balaban J connectivity index is 4.48. The van der Waals surface area contributed by atoms with Crippen LogP contribution < -0.4 is 5.32 Å². The summed E-state index contributed by atoms with van der Waals surface area (Å²) in [5.74, 6) is 0.619. The molecule has 0 aliphatic carbocycles. The van der Waals surface area contributed by atoms with E-state index in [-0.39, 0.29) is 6.04 Å². The van der Waals surface area contributed by atoms with Crippen molar-refractivity contribution in [3.05, 3.63) is 12.7 Å². The second-order valence-corrected chi connectivity index (χ2v) is 5.41. The Labute approximate surface area is 117 Å². The molecule has 2 atom stereocenters. The average molecular weight is 267 g/mol. The van der Waals surface area contributed by atoms with Crippen molar-refractivity contribution in [3.63, 3.8) is 0 Å². The van der Waals surface area contributed by atoms with Crippen LogP contribution in [0.1, 0.15) is 40.5 Å². The molecule has 110 valence electrons. The summed E-state index contributed by atoms with van der Waals surface area (Å²) in [4.78, 5) is 11.2. The lowest BCUT2D eigenvalue weighted by Gasteiger charge is -2.21. The zero-order chi connectivity index (χ0) is 14.8. The number of allylic oxidation sites excluding steroid dienone is 1. The van der Waals surface area contributed by atoms with Gasteiger partial charge in [0.1, 0.15) is 6.29 Å². The average Bonchev–Trinajstić information content (AvgIpc) is 2.35. The van der Waals surface area contributed by atoms with Gasteiger partial charge in [-0.3, -0.25) is 0 Å². The number of aldehydes is 1. The summed E-state index contributed by atoms with van der Waals surface area (Å²) in [5.41, 5.74) is 0.839. The van der Waals surface area contributed by atoms with E-state index < -0.39 is 0 Å². The Morgan fingerprint density at radius 2 is 2.05 bits per heavy atom. The molecule has 0 aromatic carbocycles. The molecule has 4 nitrogen and oxygen atoms in total. The standard InChI is InChI=1S/C15H29N3O/c1-7-14(17-18(6)8-2)10-15(11-19)16-13(5)9-12(3)4/h7,11-13,15-16H,1,8-10H2,2-6H3/b17-14+. The molecule has 1 N–H and O–H groups in total. The third-order valence-corrected chi connectivity index (χ3v) is 2.91. The minimum Gasteiger partial charge on any atom is -0.305 e. The Kier molecular flexibility index (Phi) is 9.13. The van der Waals surface area contributed by atoms with Gasteiger partial charge in [0.15, 0.2) is 0 Å². The first-order valence-electron chi connectivity index (χ1n) is 7.05. The Morgan fingerprint density at radius 1 is 1.42 bits per heavy atom. The lowest BCUT2D eigenvalue weighted by atomic mass is 10.0. The van der Waals surface area contributed by atoms with Crippen molar-refractivity contribution in [2.75, 3.05) is 13.6 Å². The second kappa shape index (κ2) is 9.73. The van der Waals surface area contributed by atoms with Gasteiger partial charge in [-0.2, -0.15) is 5.10 Å². The van der Waals surface area contributed by atoms with E-state index in [0.29, 0.717) is 18.4 Å². The number of hydrogen-bond acceptors (Lipinski definition) is 4. The maximum Gasteiger partial charge on any atom is 0.137 e. The van der Waals surface area contributed by atoms with Crippen LogP contribution in [0.15, 0.2) is 17.8 Å². The topological polar surface area (TPSA) is 44.7 Å². The van der Waals surface area contributed by atoms with Gasteiger partial charge in [0, 0.05) is 26.1 Å². The number of nitrogens with zero attached hydrogens (tertiary/aromatic N) is 2. The predicted octanol–water partition coefficient (Wildman–Crippen LogP) is 2.46. The fraction of sp³-hybridized carbons (Fsp3) is 0.733. The third kappa shape index (κ3) is 8.54. The molecule has 0 radical (unpaired) electrons. The van der Waals surface area contributed by atoms with Gasteiger partial charge in [-0.1, -0.05) is 20.4 Å². The van der Waals surface area contributed by atoms with Gasteiger partial charge in [0.25, 0.3) is 0 Å². The van der Waals surface area contributed by atoms with E-state index >= 15 is 0 Å². The summed E-state index contributed by atoms with van der Waals surface area (Å²) in [7, 11) is 1.91. The maximum atomic E-state index is 11.2. The van der Waals surface area contributed by atoms with E-state index in [4.69, 9.17) is 0 Å². The summed E-state index contributed by atoms with van der Waals surface area (Å²) < 4.78 is 0. The van der Waals surface area contributed by atoms with Crippen molar-refractivity contribution in [1.29, 1.82) is 0 Å². The van der Waals surface area contributed by atoms with Gasteiger partial charge < -0.3 is 15.1 Å². The summed E-state index contributed by atoms with van der Waals surface area (Å²) in [5, 5.41) is 9.59. The Bertz CT molecular complexity index is 300. The first-order valence-corrected chi connectivity index (χ1v) is 7.05. The lowest BCUT2D eigenvalue weighted by molar-refractivity contribution is -0.109. The van der Waals surface area contributed by atoms with E-state index in [9.17, 15) is 4.79 Å². The fourth-order valence-corrected chi connectivity index (χ4v) is 1.97. The minimum absolute atomic E-state index is 0.198. The zero-order valence-electron chi connectivity index (χ0n) is 13.0. The molecule has 19 heavy (non-hydrogen) atoms. The normalized spacial score (nSPS) is 15.2. The molecule has 0 bridgehead atoms. The van der Waals surface area contributed by atoms with Crippen LogP contribution in [0.25, 0.3) is 0 Å². The van der Waals surface area contributed by atoms with Crippen LogP contribution in [0.3, 0.4) is 0 Å². The van der Waals surface area contributed by atoms with Crippen molar-refractivity contribution in [2.45, 2.75) is 52.6 Å². The van der Waals surface area contributed by atoms with Crippen LogP contribution in [-0.2, 0) is 4.79 Å². The minimum atomic E-state index is -0.198. The Morgan fingerprint density at radius 3 is 2.47 bits per heavy atom. The van der Waals surface area contributed by atoms with Crippen molar-refractivity contribution in [2.24, 2.45) is 11.0 Å². The van der Waals surface area contributed by atoms with Crippen molar-refractivity contribution < 1.29 is 4.79 Å².